The molecule has 1 unspecified atom stereocenters. The fourth-order valence-corrected chi connectivity index (χ4v) is 3.39. The van der Waals surface area contributed by atoms with E-state index in [2.05, 4.69) is 9.72 Å². The summed E-state index contributed by atoms with van der Waals surface area (Å²) < 4.78 is 53.9. The smallest absolute Gasteiger partial charge is 0.425 e. The first-order valence-electron chi connectivity index (χ1n) is 10.1. The van der Waals surface area contributed by atoms with Crippen LogP contribution in [0.15, 0.2) is 24.3 Å². The Morgan fingerprint density at radius 3 is 2.58 bits per heavy atom. The van der Waals surface area contributed by atoms with Crippen molar-refractivity contribution < 1.29 is 42.4 Å². The first-order chi connectivity index (χ1) is 15.7. The Labute approximate surface area is 187 Å². The second-order valence-corrected chi connectivity index (χ2v) is 7.22. The van der Waals surface area contributed by atoms with Gasteiger partial charge in [0.15, 0.2) is 11.5 Å². The van der Waals surface area contributed by atoms with Crippen LogP contribution in [-0.2, 0) is 11.3 Å². The molecule has 1 aromatic heterocycles. The maximum absolute atomic E-state index is 13.2. The molecule has 0 saturated heterocycles. The molecule has 0 spiro atoms. The van der Waals surface area contributed by atoms with Gasteiger partial charge in [-0.15, -0.1) is 13.2 Å². The lowest BCUT2D eigenvalue weighted by Gasteiger charge is -2.38. The number of nitrogens with zero attached hydrogens (tertiary/aromatic N) is 4. The minimum Gasteiger partial charge on any atom is -0.425 e. The zero-order valence-corrected chi connectivity index (χ0v) is 18.1. The predicted molar refractivity (Wildman–Crippen MR) is 109 cm³/mol. The van der Waals surface area contributed by atoms with Gasteiger partial charge in [0, 0.05) is 46.5 Å². The molecular weight excluding hydrogens is 449 g/mol. The molecule has 0 fully saturated rings. The number of aromatic nitrogens is 2. The van der Waals surface area contributed by atoms with Crippen LogP contribution >= 0.6 is 0 Å². The number of anilines is 1. The van der Waals surface area contributed by atoms with E-state index >= 15 is 0 Å². The largest absolute Gasteiger partial charge is 0.573 e. The van der Waals surface area contributed by atoms with Crippen LogP contribution in [0.2, 0.25) is 0 Å². The normalized spacial score (nSPS) is 16.2. The quantitative estimate of drug-likeness (QED) is 0.505. The van der Waals surface area contributed by atoms with Gasteiger partial charge in [-0.05, 0) is 25.0 Å². The summed E-state index contributed by atoms with van der Waals surface area (Å²) in [7, 11) is 3.06. The number of methoxy groups -OCH3 is 1. The first-order valence-corrected chi connectivity index (χ1v) is 10.1. The van der Waals surface area contributed by atoms with Crippen molar-refractivity contribution >= 4 is 11.7 Å². The Hall–Kier alpha value is -3.03. The predicted octanol–water partition coefficient (Wildman–Crippen LogP) is 2.16. The topological polar surface area (TPSA) is 110 Å². The fourth-order valence-electron chi connectivity index (χ4n) is 3.39. The molecule has 0 aliphatic carbocycles. The van der Waals surface area contributed by atoms with E-state index in [1.54, 1.807) is 0 Å². The molecule has 1 aliphatic rings. The summed E-state index contributed by atoms with van der Waals surface area (Å²) in [6.07, 6.45) is -5.42. The zero-order chi connectivity index (χ0) is 24.2. The van der Waals surface area contributed by atoms with Crippen LogP contribution in [0, 0.1) is 0 Å². The number of carbonyl (C=O) groups excluding carboxylic acids is 1. The van der Waals surface area contributed by atoms with Crippen molar-refractivity contribution in [3.8, 4) is 17.5 Å². The molecule has 2 heterocycles. The highest BCUT2D eigenvalue weighted by molar-refractivity contribution is 5.99. The molecule has 2 aromatic rings. The number of hydrogen-bond donors (Lipinski definition) is 2. The van der Waals surface area contributed by atoms with Crippen LogP contribution in [0.4, 0.5) is 19.0 Å². The maximum Gasteiger partial charge on any atom is 0.573 e. The van der Waals surface area contributed by atoms with Gasteiger partial charge in [0.05, 0.1) is 0 Å². The third-order valence-electron chi connectivity index (χ3n) is 4.87. The van der Waals surface area contributed by atoms with Crippen molar-refractivity contribution in [2.24, 2.45) is 0 Å². The third kappa shape index (κ3) is 5.67. The summed E-state index contributed by atoms with van der Waals surface area (Å²) in [6.45, 7) is 0.581. The second kappa shape index (κ2) is 10.3. The molecule has 33 heavy (non-hydrogen) atoms. The first kappa shape index (κ1) is 24.6. The molecule has 13 heteroatoms. The van der Waals surface area contributed by atoms with Gasteiger partial charge in [0.25, 0.3) is 5.91 Å². The van der Waals surface area contributed by atoms with E-state index in [0.717, 1.165) is 12.1 Å². The Kier molecular flexibility index (Phi) is 7.66. The molecule has 1 aliphatic heterocycles. The number of rotatable bonds is 10. The van der Waals surface area contributed by atoms with Gasteiger partial charge >= 0.3 is 12.4 Å². The molecule has 1 aromatic carbocycles. The summed E-state index contributed by atoms with van der Waals surface area (Å²) in [5, 5.41) is 19.7. The van der Waals surface area contributed by atoms with Gasteiger partial charge in [-0.2, -0.15) is 4.98 Å². The summed E-state index contributed by atoms with van der Waals surface area (Å²) in [5.74, 6) is -0.818. The SMILES string of the molecule is COCCCn1c(Oc2cccc(OC(F)(F)F)c2)nc2c1C(=O)N(CCCO)C(O)N2C. The van der Waals surface area contributed by atoms with E-state index in [-0.39, 0.29) is 49.4 Å². The van der Waals surface area contributed by atoms with E-state index < -0.39 is 24.4 Å². The number of ether oxygens (including phenoxy) is 3. The molecule has 0 radical (unpaired) electrons. The molecule has 0 saturated carbocycles. The van der Waals surface area contributed by atoms with Crippen molar-refractivity contribution in [3.63, 3.8) is 0 Å². The zero-order valence-electron chi connectivity index (χ0n) is 18.1. The van der Waals surface area contributed by atoms with Crippen molar-refractivity contribution in [1.82, 2.24) is 14.5 Å². The van der Waals surface area contributed by atoms with Crippen molar-refractivity contribution in [3.05, 3.63) is 30.0 Å². The van der Waals surface area contributed by atoms with Crippen LogP contribution in [0.1, 0.15) is 23.3 Å². The molecule has 10 nitrogen and oxygen atoms in total. The molecule has 1 atom stereocenters. The average Bonchev–Trinajstić information content (AvgIpc) is 3.10. The van der Waals surface area contributed by atoms with Gasteiger partial charge in [-0.25, -0.2) is 0 Å². The van der Waals surface area contributed by atoms with E-state index in [9.17, 15) is 23.1 Å². The number of aliphatic hydroxyl groups excluding tert-OH is 2. The minimum absolute atomic E-state index is 0.0138. The molecule has 0 bridgehead atoms. The van der Waals surface area contributed by atoms with Gasteiger partial charge < -0.3 is 29.3 Å². The number of amides is 1. The van der Waals surface area contributed by atoms with Gasteiger partial charge in [0.1, 0.15) is 11.5 Å². The number of halogens is 3. The van der Waals surface area contributed by atoms with Crippen LogP contribution in [0.5, 0.6) is 17.5 Å². The number of fused-ring (bicyclic) bond motifs is 1. The van der Waals surface area contributed by atoms with Crippen molar-refractivity contribution in [1.29, 1.82) is 0 Å². The summed E-state index contributed by atoms with van der Waals surface area (Å²) >= 11 is 0. The van der Waals surface area contributed by atoms with E-state index in [0.29, 0.717) is 13.0 Å². The third-order valence-corrected chi connectivity index (χ3v) is 4.87. The lowest BCUT2D eigenvalue weighted by molar-refractivity contribution is -0.274. The number of alkyl halides is 3. The lowest BCUT2D eigenvalue weighted by atomic mass is 10.2. The summed E-state index contributed by atoms with van der Waals surface area (Å²) in [5.41, 5.74) is 0.148. The van der Waals surface area contributed by atoms with E-state index in [4.69, 9.17) is 14.6 Å². The summed E-state index contributed by atoms with van der Waals surface area (Å²) in [4.78, 5) is 20.1. The summed E-state index contributed by atoms with van der Waals surface area (Å²) in [6, 6.07) is 4.88. The van der Waals surface area contributed by atoms with Crippen LogP contribution in [0.25, 0.3) is 0 Å². The standard InChI is InChI=1S/C20H25F3N4O6/c1-25-16-15(17(29)27(19(25)30)8-4-10-28)26(9-5-11-31-2)18(24-16)32-13-6-3-7-14(12-13)33-20(21,22)23/h3,6-7,12,19,28,30H,4-5,8-11H2,1-2H3. The second-order valence-electron chi connectivity index (χ2n) is 7.22. The number of imidazole rings is 1. The van der Waals surface area contributed by atoms with Gasteiger partial charge in [0.2, 0.25) is 6.35 Å². The molecule has 182 valence electrons. The molecule has 1 amide bonds. The Balaban J connectivity index is 1.98. The van der Waals surface area contributed by atoms with Crippen LogP contribution < -0.4 is 14.4 Å². The van der Waals surface area contributed by atoms with Crippen molar-refractivity contribution in [2.75, 3.05) is 38.8 Å². The van der Waals surface area contributed by atoms with E-state index in [1.165, 1.54) is 40.7 Å². The fraction of sp³-hybridized carbons (Fsp3) is 0.500. The Morgan fingerprint density at radius 1 is 1.18 bits per heavy atom. The number of aliphatic hydroxyl groups is 2. The highest BCUT2D eigenvalue weighted by Crippen LogP contribution is 2.35. The van der Waals surface area contributed by atoms with E-state index in [1.807, 2.05) is 0 Å². The van der Waals surface area contributed by atoms with Crippen LogP contribution in [-0.4, -0.2) is 77.2 Å². The highest BCUT2D eigenvalue weighted by atomic mass is 19.4. The van der Waals surface area contributed by atoms with Gasteiger partial charge in [-0.1, -0.05) is 6.07 Å². The van der Waals surface area contributed by atoms with Gasteiger partial charge in [-0.3, -0.25) is 14.3 Å². The highest BCUT2D eigenvalue weighted by Gasteiger charge is 2.40. The monoisotopic (exact) mass is 474 g/mol. The molecule has 2 N–H and O–H groups in total. The maximum atomic E-state index is 13.2. The number of carbonyl (C=O) groups is 1. The number of hydrogen-bond acceptors (Lipinski definition) is 8. The Bertz CT molecular complexity index is 968. The van der Waals surface area contributed by atoms with Crippen molar-refractivity contribution in [2.45, 2.75) is 32.1 Å². The lowest BCUT2D eigenvalue weighted by Crippen LogP contribution is -2.54. The van der Waals surface area contributed by atoms with Crippen LogP contribution in [0.3, 0.4) is 0 Å². The molecular formula is C20H25F3N4O6. The minimum atomic E-state index is -4.86. The number of benzene rings is 1. The Morgan fingerprint density at radius 2 is 1.91 bits per heavy atom. The average molecular weight is 474 g/mol. The molecule has 3 rings (SSSR count).